The Morgan fingerprint density at radius 1 is 1.38 bits per heavy atom. The number of rotatable bonds is 4. The second-order valence-corrected chi connectivity index (χ2v) is 5.36. The second kappa shape index (κ2) is 5.30. The van der Waals surface area contributed by atoms with Gasteiger partial charge < -0.3 is 11.1 Å². The highest BCUT2D eigenvalue weighted by Crippen LogP contribution is 2.24. The first-order valence-corrected chi connectivity index (χ1v) is 5.83. The van der Waals surface area contributed by atoms with Crippen LogP contribution in [0.25, 0.3) is 0 Å². The summed E-state index contributed by atoms with van der Waals surface area (Å²) in [5, 5.41) is 3.46. The zero-order valence-corrected chi connectivity index (χ0v) is 10.7. The summed E-state index contributed by atoms with van der Waals surface area (Å²) < 4.78 is 0. The Labute approximate surface area is 98.5 Å². The average molecular weight is 221 g/mol. The maximum atomic E-state index is 5.64. The minimum atomic E-state index is 0.186. The molecule has 1 unspecified atom stereocenters. The SMILES string of the molecule is Cc1ccc(NC(CCN)C(C)(C)C)nc1. The smallest absolute Gasteiger partial charge is 0.126 e. The molecular formula is C13H23N3. The maximum Gasteiger partial charge on any atom is 0.126 e. The van der Waals surface area contributed by atoms with Gasteiger partial charge in [-0.15, -0.1) is 0 Å². The van der Waals surface area contributed by atoms with Crippen molar-refractivity contribution >= 4 is 5.82 Å². The van der Waals surface area contributed by atoms with Crippen molar-refractivity contribution in [1.82, 2.24) is 4.98 Å². The number of nitrogens with two attached hydrogens (primary N) is 1. The van der Waals surface area contributed by atoms with E-state index in [1.54, 1.807) is 0 Å². The van der Waals surface area contributed by atoms with Crippen LogP contribution in [-0.2, 0) is 0 Å². The molecule has 0 saturated heterocycles. The van der Waals surface area contributed by atoms with Crippen molar-refractivity contribution in [3.8, 4) is 0 Å². The van der Waals surface area contributed by atoms with Gasteiger partial charge in [-0.1, -0.05) is 26.8 Å². The molecule has 0 aliphatic rings. The Balaban J connectivity index is 2.72. The lowest BCUT2D eigenvalue weighted by molar-refractivity contribution is 0.328. The second-order valence-electron chi connectivity index (χ2n) is 5.36. The van der Waals surface area contributed by atoms with Crippen LogP contribution in [0, 0.1) is 12.3 Å². The van der Waals surface area contributed by atoms with Crippen LogP contribution in [0.5, 0.6) is 0 Å². The number of anilines is 1. The summed E-state index contributed by atoms with van der Waals surface area (Å²) >= 11 is 0. The van der Waals surface area contributed by atoms with Gasteiger partial charge in [0.1, 0.15) is 5.82 Å². The van der Waals surface area contributed by atoms with Crippen molar-refractivity contribution in [2.24, 2.45) is 11.1 Å². The highest BCUT2D eigenvalue weighted by molar-refractivity contribution is 5.36. The molecule has 0 aliphatic carbocycles. The van der Waals surface area contributed by atoms with E-state index >= 15 is 0 Å². The van der Waals surface area contributed by atoms with E-state index in [1.807, 2.05) is 19.2 Å². The molecule has 3 heteroatoms. The molecule has 0 spiro atoms. The van der Waals surface area contributed by atoms with Crippen molar-refractivity contribution in [1.29, 1.82) is 0 Å². The van der Waals surface area contributed by atoms with Crippen molar-refractivity contribution in [2.75, 3.05) is 11.9 Å². The van der Waals surface area contributed by atoms with Crippen LogP contribution in [-0.4, -0.2) is 17.6 Å². The summed E-state index contributed by atoms with van der Waals surface area (Å²) in [6.07, 6.45) is 2.84. The summed E-state index contributed by atoms with van der Waals surface area (Å²) in [5.41, 5.74) is 7.01. The number of aryl methyl sites for hydroxylation is 1. The van der Waals surface area contributed by atoms with E-state index in [2.05, 4.69) is 37.1 Å². The third kappa shape index (κ3) is 3.81. The standard InChI is InChI=1S/C13H23N3/c1-10-5-6-12(15-9-10)16-11(7-8-14)13(2,3)4/h5-6,9,11H,7-8,14H2,1-4H3,(H,15,16). The first-order chi connectivity index (χ1) is 7.43. The van der Waals surface area contributed by atoms with Crippen LogP contribution in [0.4, 0.5) is 5.82 Å². The highest BCUT2D eigenvalue weighted by atomic mass is 15.0. The van der Waals surface area contributed by atoms with Gasteiger partial charge in [0.15, 0.2) is 0 Å². The largest absolute Gasteiger partial charge is 0.367 e. The topological polar surface area (TPSA) is 50.9 Å². The third-order valence-electron chi connectivity index (χ3n) is 2.73. The molecule has 0 aromatic carbocycles. The van der Waals surface area contributed by atoms with Crippen molar-refractivity contribution < 1.29 is 0 Å². The summed E-state index contributed by atoms with van der Waals surface area (Å²) in [6, 6.07) is 4.44. The maximum absolute atomic E-state index is 5.64. The van der Waals surface area contributed by atoms with Gasteiger partial charge in [0.25, 0.3) is 0 Å². The number of aromatic nitrogens is 1. The Hall–Kier alpha value is -1.09. The Bertz CT molecular complexity index is 311. The molecule has 0 aliphatic heterocycles. The van der Waals surface area contributed by atoms with Crippen molar-refractivity contribution in [2.45, 2.75) is 40.2 Å². The molecule has 1 aromatic rings. The molecule has 3 N–H and O–H groups in total. The number of hydrogen-bond donors (Lipinski definition) is 2. The van der Waals surface area contributed by atoms with E-state index in [0.717, 1.165) is 12.2 Å². The van der Waals surface area contributed by atoms with Gasteiger partial charge in [0.2, 0.25) is 0 Å². The Morgan fingerprint density at radius 3 is 2.50 bits per heavy atom. The lowest BCUT2D eigenvalue weighted by atomic mass is 9.85. The first kappa shape index (κ1) is 13.0. The van der Waals surface area contributed by atoms with E-state index < -0.39 is 0 Å². The molecule has 3 nitrogen and oxygen atoms in total. The highest BCUT2D eigenvalue weighted by Gasteiger charge is 2.23. The predicted octanol–water partition coefficient (Wildman–Crippen LogP) is 2.57. The van der Waals surface area contributed by atoms with Crippen LogP contribution in [0.1, 0.15) is 32.8 Å². The molecule has 1 heterocycles. The fourth-order valence-electron chi connectivity index (χ4n) is 1.62. The molecule has 0 fully saturated rings. The number of nitrogens with zero attached hydrogens (tertiary/aromatic N) is 1. The van der Waals surface area contributed by atoms with Crippen LogP contribution in [0.2, 0.25) is 0 Å². The van der Waals surface area contributed by atoms with Gasteiger partial charge in [0.05, 0.1) is 0 Å². The first-order valence-electron chi connectivity index (χ1n) is 5.83. The van der Waals surface area contributed by atoms with Gasteiger partial charge in [-0.05, 0) is 36.9 Å². The zero-order valence-electron chi connectivity index (χ0n) is 10.7. The van der Waals surface area contributed by atoms with Crippen molar-refractivity contribution in [3.63, 3.8) is 0 Å². The molecule has 90 valence electrons. The van der Waals surface area contributed by atoms with E-state index in [0.29, 0.717) is 12.6 Å². The number of nitrogens with one attached hydrogen (secondary N) is 1. The van der Waals surface area contributed by atoms with Crippen LogP contribution >= 0.6 is 0 Å². The minimum Gasteiger partial charge on any atom is -0.367 e. The third-order valence-corrected chi connectivity index (χ3v) is 2.73. The molecule has 1 atom stereocenters. The van der Waals surface area contributed by atoms with E-state index in [-0.39, 0.29) is 5.41 Å². The van der Waals surface area contributed by atoms with E-state index in [9.17, 15) is 0 Å². The molecule has 1 aromatic heterocycles. The van der Waals surface area contributed by atoms with Crippen LogP contribution in [0.3, 0.4) is 0 Å². The van der Waals surface area contributed by atoms with Crippen LogP contribution in [0.15, 0.2) is 18.3 Å². The van der Waals surface area contributed by atoms with Gasteiger partial charge in [-0.3, -0.25) is 0 Å². The molecule has 0 radical (unpaired) electrons. The lowest BCUT2D eigenvalue weighted by Gasteiger charge is -2.31. The lowest BCUT2D eigenvalue weighted by Crippen LogP contribution is -2.36. The average Bonchev–Trinajstić information content (AvgIpc) is 2.19. The molecular weight excluding hydrogens is 198 g/mol. The minimum absolute atomic E-state index is 0.186. The number of pyridine rings is 1. The van der Waals surface area contributed by atoms with Gasteiger partial charge in [0, 0.05) is 12.2 Å². The fraction of sp³-hybridized carbons (Fsp3) is 0.615. The quantitative estimate of drug-likeness (QED) is 0.821. The van der Waals surface area contributed by atoms with Crippen LogP contribution < -0.4 is 11.1 Å². The Kier molecular flexibility index (Phi) is 4.30. The molecule has 0 amide bonds. The summed E-state index contributed by atoms with van der Waals surface area (Å²) in [4.78, 5) is 4.36. The normalized spacial score (nSPS) is 13.6. The molecule has 16 heavy (non-hydrogen) atoms. The van der Waals surface area contributed by atoms with Gasteiger partial charge >= 0.3 is 0 Å². The van der Waals surface area contributed by atoms with Gasteiger partial charge in [-0.2, -0.15) is 0 Å². The Morgan fingerprint density at radius 2 is 2.06 bits per heavy atom. The zero-order chi connectivity index (χ0) is 12.2. The summed E-state index contributed by atoms with van der Waals surface area (Å²) in [5.74, 6) is 0.930. The van der Waals surface area contributed by atoms with E-state index in [1.165, 1.54) is 5.56 Å². The monoisotopic (exact) mass is 221 g/mol. The van der Waals surface area contributed by atoms with Crippen molar-refractivity contribution in [3.05, 3.63) is 23.9 Å². The summed E-state index contributed by atoms with van der Waals surface area (Å²) in [7, 11) is 0. The van der Waals surface area contributed by atoms with Gasteiger partial charge in [-0.25, -0.2) is 4.98 Å². The van der Waals surface area contributed by atoms with E-state index in [4.69, 9.17) is 5.73 Å². The fourth-order valence-corrected chi connectivity index (χ4v) is 1.62. The molecule has 0 saturated carbocycles. The number of hydrogen-bond acceptors (Lipinski definition) is 3. The molecule has 1 rings (SSSR count). The predicted molar refractivity (Wildman–Crippen MR) is 69.5 cm³/mol. The molecule has 0 bridgehead atoms. The summed E-state index contributed by atoms with van der Waals surface area (Å²) in [6.45, 7) is 9.39.